The number of aryl methyl sites for hydroxylation is 1. The van der Waals surface area contributed by atoms with Crippen molar-refractivity contribution < 1.29 is 17.9 Å². The molecular formula is C24H30F3N3O. The predicted octanol–water partition coefficient (Wildman–Crippen LogP) is 5.34. The van der Waals surface area contributed by atoms with Crippen molar-refractivity contribution >= 4 is 0 Å². The van der Waals surface area contributed by atoms with E-state index in [0.717, 1.165) is 56.5 Å². The zero-order valence-corrected chi connectivity index (χ0v) is 18.0. The van der Waals surface area contributed by atoms with Crippen molar-refractivity contribution in [3.63, 3.8) is 0 Å². The molecule has 1 aliphatic carbocycles. The second kappa shape index (κ2) is 8.87. The Labute approximate surface area is 181 Å². The number of ether oxygens (including phenoxy) is 1. The van der Waals surface area contributed by atoms with Crippen LogP contribution < -0.4 is 5.32 Å². The quantitative estimate of drug-likeness (QED) is 0.625. The average molecular weight is 434 g/mol. The largest absolute Gasteiger partial charge is 0.433 e. The van der Waals surface area contributed by atoms with Crippen LogP contribution in [-0.2, 0) is 22.9 Å². The fraction of sp³-hybridized carbons (Fsp3) is 0.583. The lowest BCUT2D eigenvalue weighted by atomic mass is 9.68. The number of nitrogens with one attached hydrogen (secondary N) is 1. The summed E-state index contributed by atoms with van der Waals surface area (Å²) in [5.41, 5.74) is 1.17. The summed E-state index contributed by atoms with van der Waals surface area (Å²) in [6.45, 7) is 3.45. The van der Waals surface area contributed by atoms with Gasteiger partial charge in [-0.15, -0.1) is 0 Å². The minimum absolute atomic E-state index is 0.0236. The second-order valence-electron chi connectivity index (χ2n) is 9.09. The molecule has 1 saturated carbocycles. The molecule has 1 aliphatic heterocycles. The average Bonchev–Trinajstić information content (AvgIpc) is 3.18. The summed E-state index contributed by atoms with van der Waals surface area (Å²) in [6.07, 6.45) is 6.28. The number of hydrogen-bond donors (Lipinski definition) is 1. The van der Waals surface area contributed by atoms with Gasteiger partial charge in [0.1, 0.15) is 5.69 Å². The van der Waals surface area contributed by atoms with Gasteiger partial charge in [0.2, 0.25) is 0 Å². The lowest BCUT2D eigenvalue weighted by Crippen LogP contribution is -2.47. The molecule has 31 heavy (non-hydrogen) atoms. The van der Waals surface area contributed by atoms with Crippen LogP contribution in [0.3, 0.4) is 0 Å². The molecule has 2 aromatic heterocycles. The Morgan fingerprint density at radius 3 is 2.61 bits per heavy atom. The van der Waals surface area contributed by atoms with E-state index in [2.05, 4.69) is 16.4 Å². The zero-order chi connectivity index (χ0) is 22.0. The van der Waals surface area contributed by atoms with Crippen LogP contribution in [0.15, 0.2) is 36.7 Å². The fourth-order valence-electron chi connectivity index (χ4n) is 5.38. The van der Waals surface area contributed by atoms with Crippen molar-refractivity contribution in [2.45, 2.75) is 75.6 Å². The summed E-state index contributed by atoms with van der Waals surface area (Å²) >= 11 is 0. The van der Waals surface area contributed by atoms with Crippen molar-refractivity contribution in [3.05, 3.63) is 59.2 Å². The van der Waals surface area contributed by atoms with E-state index in [1.54, 1.807) is 6.07 Å². The molecule has 2 aromatic rings. The maximum absolute atomic E-state index is 12.9. The summed E-state index contributed by atoms with van der Waals surface area (Å²) in [7, 11) is 0. The van der Waals surface area contributed by atoms with Crippen molar-refractivity contribution in [1.82, 2.24) is 15.3 Å². The normalized spacial score (nSPS) is 23.4. The van der Waals surface area contributed by atoms with E-state index in [4.69, 9.17) is 9.72 Å². The van der Waals surface area contributed by atoms with E-state index >= 15 is 0 Å². The Kier molecular flexibility index (Phi) is 6.35. The molecule has 168 valence electrons. The van der Waals surface area contributed by atoms with Gasteiger partial charge in [-0.2, -0.15) is 13.2 Å². The SMILES string of the molecule is Cc1cc(CNCCC2(c3ccccn3)CCOC3(CCCC3)C2)cnc1C(F)(F)F. The molecule has 1 atom stereocenters. The molecule has 1 spiro atoms. The number of hydrogen-bond acceptors (Lipinski definition) is 4. The van der Waals surface area contributed by atoms with Crippen LogP contribution >= 0.6 is 0 Å². The molecule has 0 amide bonds. The van der Waals surface area contributed by atoms with Gasteiger partial charge in [0, 0.05) is 36.7 Å². The summed E-state index contributed by atoms with van der Waals surface area (Å²) in [4.78, 5) is 8.35. The first kappa shape index (κ1) is 22.2. The van der Waals surface area contributed by atoms with E-state index < -0.39 is 11.9 Å². The van der Waals surface area contributed by atoms with E-state index in [9.17, 15) is 13.2 Å². The first-order valence-electron chi connectivity index (χ1n) is 11.1. The molecule has 1 N–H and O–H groups in total. The van der Waals surface area contributed by atoms with Gasteiger partial charge >= 0.3 is 6.18 Å². The van der Waals surface area contributed by atoms with Gasteiger partial charge in [-0.3, -0.25) is 9.97 Å². The number of rotatable bonds is 6. The molecule has 0 radical (unpaired) electrons. The zero-order valence-electron chi connectivity index (χ0n) is 18.0. The van der Waals surface area contributed by atoms with Crippen LogP contribution in [0.25, 0.3) is 0 Å². The molecule has 3 heterocycles. The number of halogens is 3. The van der Waals surface area contributed by atoms with Gasteiger partial charge in [0.05, 0.1) is 5.60 Å². The van der Waals surface area contributed by atoms with Gasteiger partial charge in [-0.1, -0.05) is 25.0 Å². The number of pyridine rings is 2. The highest BCUT2D eigenvalue weighted by atomic mass is 19.4. The molecule has 0 aromatic carbocycles. The molecular weight excluding hydrogens is 403 g/mol. The van der Waals surface area contributed by atoms with Crippen LogP contribution in [0.4, 0.5) is 13.2 Å². The Bertz CT molecular complexity index is 881. The number of alkyl halides is 3. The molecule has 4 nitrogen and oxygen atoms in total. The maximum Gasteiger partial charge on any atom is 0.433 e. The molecule has 1 unspecified atom stereocenters. The van der Waals surface area contributed by atoms with Gasteiger partial charge < -0.3 is 10.1 Å². The third-order valence-corrected chi connectivity index (χ3v) is 6.89. The highest BCUT2D eigenvalue weighted by Gasteiger charge is 2.48. The van der Waals surface area contributed by atoms with Crippen molar-refractivity contribution in [2.24, 2.45) is 0 Å². The number of nitrogens with zero attached hydrogens (tertiary/aromatic N) is 2. The van der Waals surface area contributed by atoms with Gasteiger partial charge in [0.15, 0.2) is 0 Å². The van der Waals surface area contributed by atoms with E-state index in [-0.39, 0.29) is 16.6 Å². The Morgan fingerprint density at radius 2 is 1.94 bits per heavy atom. The standard InChI is InChI=1S/C24H30F3N3O/c1-18-14-19(16-30-21(18)24(25,26)27)15-28-12-9-22(20-6-2-5-11-29-20)10-13-31-23(17-22)7-3-4-8-23/h2,5-6,11,14,16,28H,3-4,7-10,12-13,15,17H2,1H3. The van der Waals surface area contributed by atoms with E-state index in [1.807, 2.05) is 18.3 Å². The molecule has 2 aliphatic rings. The lowest BCUT2D eigenvalue weighted by Gasteiger charge is -2.46. The summed E-state index contributed by atoms with van der Waals surface area (Å²) in [6, 6.07) is 7.68. The molecule has 2 fully saturated rings. The van der Waals surface area contributed by atoms with Gasteiger partial charge in [-0.25, -0.2) is 0 Å². The van der Waals surface area contributed by atoms with Crippen molar-refractivity contribution in [2.75, 3.05) is 13.2 Å². The Hall–Kier alpha value is -1.99. The Morgan fingerprint density at radius 1 is 1.13 bits per heavy atom. The molecule has 4 rings (SSSR count). The topological polar surface area (TPSA) is 47.0 Å². The van der Waals surface area contributed by atoms with Crippen molar-refractivity contribution in [3.8, 4) is 0 Å². The van der Waals surface area contributed by atoms with Crippen LogP contribution in [0, 0.1) is 6.92 Å². The summed E-state index contributed by atoms with van der Waals surface area (Å²) in [5, 5.41) is 3.42. The second-order valence-corrected chi connectivity index (χ2v) is 9.09. The van der Waals surface area contributed by atoms with Crippen LogP contribution in [0.2, 0.25) is 0 Å². The summed E-state index contributed by atoms with van der Waals surface area (Å²) in [5.74, 6) is 0. The maximum atomic E-state index is 12.9. The third-order valence-electron chi connectivity index (χ3n) is 6.89. The molecule has 0 bridgehead atoms. The first-order chi connectivity index (χ1) is 14.8. The highest BCUT2D eigenvalue weighted by Crippen LogP contribution is 2.49. The lowest BCUT2D eigenvalue weighted by molar-refractivity contribution is -0.141. The highest BCUT2D eigenvalue weighted by molar-refractivity contribution is 5.26. The van der Waals surface area contributed by atoms with Crippen LogP contribution in [0.1, 0.15) is 67.5 Å². The van der Waals surface area contributed by atoms with E-state index in [1.165, 1.54) is 26.0 Å². The predicted molar refractivity (Wildman–Crippen MR) is 113 cm³/mol. The smallest absolute Gasteiger partial charge is 0.375 e. The summed E-state index contributed by atoms with van der Waals surface area (Å²) < 4.78 is 45.1. The van der Waals surface area contributed by atoms with Crippen LogP contribution in [-0.4, -0.2) is 28.7 Å². The van der Waals surface area contributed by atoms with E-state index in [0.29, 0.717) is 6.54 Å². The van der Waals surface area contributed by atoms with Gasteiger partial charge in [-0.05, 0) is 68.8 Å². The first-order valence-corrected chi connectivity index (χ1v) is 11.1. The fourth-order valence-corrected chi connectivity index (χ4v) is 5.38. The molecule has 1 saturated heterocycles. The third kappa shape index (κ3) is 4.93. The minimum Gasteiger partial charge on any atom is -0.375 e. The monoisotopic (exact) mass is 433 g/mol. The minimum atomic E-state index is -4.41. The molecule has 7 heteroatoms. The van der Waals surface area contributed by atoms with Crippen molar-refractivity contribution in [1.29, 1.82) is 0 Å². The number of aromatic nitrogens is 2. The Balaban J connectivity index is 1.42. The van der Waals surface area contributed by atoms with Crippen LogP contribution in [0.5, 0.6) is 0 Å². The van der Waals surface area contributed by atoms with Gasteiger partial charge in [0.25, 0.3) is 0 Å².